The first kappa shape index (κ1) is 9.64. The van der Waals surface area contributed by atoms with Crippen LogP contribution in [0.1, 0.15) is 25.5 Å². The van der Waals surface area contributed by atoms with Crippen LogP contribution in [0.2, 0.25) is 0 Å². The number of nitrogens with zero attached hydrogens (tertiary/aromatic N) is 2. The molecule has 1 aliphatic heterocycles. The van der Waals surface area contributed by atoms with Crippen LogP contribution >= 0.6 is 0 Å². The van der Waals surface area contributed by atoms with Gasteiger partial charge >= 0.3 is 7.27 Å². The minimum absolute atomic E-state index is 0.0424. The minimum Gasteiger partial charge on any atom is -0.357 e. The van der Waals surface area contributed by atoms with Crippen molar-refractivity contribution in [2.24, 2.45) is 0 Å². The lowest BCUT2D eigenvalue weighted by Gasteiger charge is -2.22. The topological polar surface area (TPSA) is 27.1 Å². The maximum Gasteiger partial charge on any atom is 0.575 e. The maximum atomic E-state index is 12.3. The van der Waals surface area contributed by atoms with Gasteiger partial charge in [-0.25, -0.2) is 4.68 Å². The van der Waals surface area contributed by atoms with Crippen molar-refractivity contribution in [1.29, 1.82) is 0 Å². The first-order chi connectivity index (χ1) is 6.77. The van der Waals surface area contributed by atoms with Gasteiger partial charge in [0.25, 0.3) is 0 Å². The van der Waals surface area contributed by atoms with Gasteiger partial charge in [0, 0.05) is 24.5 Å². The van der Waals surface area contributed by atoms with E-state index in [-0.39, 0.29) is 11.7 Å². The lowest BCUT2D eigenvalue weighted by atomic mass is 9.90. The Bertz CT molecular complexity index is 299. The highest BCUT2D eigenvalue weighted by molar-refractivity contribution is 6.59. The number of hydrogen-bond donors (Lipinski definition) is 0. The number of halogens is 2. The molecule has 2 heterocycles. The van der Waals surface area contributed by atoms with Gasteiger partial charge in [0.05, 0.1) is 0 Å². The summed E-state index contributed by atoms with van der Waals surface area (Å²) in [4.78, 5) is 0. The van der Waals surface area contributed by atoms with Crippen molar-refractivity contribution in [3.8, 4) is 0 Å². The zero-order valence-corrected chi connectivity index (χ0v) is 7.70. The predicted molar refractivity (Wildman–Crippen MR) is 48.7 cm³/mol. The first-order valence-electron chi connectivity index (χ1n) is 4.71. The molecular weight excluding hydrogens is 189 g/mol. The lowest BCUT2D eigenvalue weighted by molar-refractivity contribution is -0.0394. The summed E-state index contributed by atoms with van der Waals surface area (Å²) in [7, 11) is -2.45. The number of hydrogen-bond acceptors (Lipinski definition) is 2. The monoisotopic (exact) mass is 200 g/mol. The summed E-state index contributed by atoms with van der Waals surface area (Å²) in [6.45, 7) is 0.689. The molecule has 0 bridgehead atoms. The van der Waals surface area contributed by atoms with Crippen molar-refractivity contribution in [2.75, 3.05) is 6.61 Å². The van der Waals surface area contributed by atoms with Gasteiger partial charge in [0.1, 0.15) is 6.23 Å². The highest BCUT2D eigenvalue weighted by Crippen LogP contribution is 2.20. The molecule has 1 saturated heterocycles. The molecule has 0 aliphatic carbocycles. The van der Waals surface area contributed by atoms with Crippen LogP contribution in [0.15, 0.2) is 12.4 Å². The summed E-state index contributed by atoms with van der Waals surface area (Å²) in [6, 6.07) is 0. The Morgan fingerprint density at radius 3 is 2.93 bits per heavy atom. The fourth-order valence-electron chi connectivity index (χ4n) is 1.56. The zero-order chi connectivity index (χ0) is 9.97. The highest BCUT2D eigenvalue weighted by Gasteiger charge is 2.22. The molecule has 76 valence electrons. The second-order valence-corrected chi connectivity index (χ2v) is 3.38. The molecule has 0 aromatic carbocycles. The molecule has 1 aromatic rings. The smallest absolute Gasteiger partial charge is 0.357 e. The van der Waals surface area contributed by atoms with E-state index < -0.39 is 7.27 Å². The molecule has 1 aromatic heterocycles. The van der Waals surface area contributed by atoms with Gasteiger partial charge in [-0.2, -0.15) is 5.10 Å². The summed E-state index contributed by atoms with van der Waals surface area (Å²) in [5.74, 6) is 0. The van der Waals surface area contributed by atoms with E-state index >= 15 is 0 Å². The van der Waals surface area contributed by atoms with Crippen molar-refractivity contribution in [3.63, 3.8) is 0 Å². The largest absolute Gasteiger partial charge is 0.575 e. The third-order valence-electron chi connectivity index (χ3n) is 2.32. The van der Waals surface area contributed by atoms with Crippen molar-refractivity contribution >= 4 is 12.7 Å². The van der Waals surface area contributed by atoms with Crippen molar-refractivity contribution in [2.45, 2.75) is 25.5 Å². The fraction of sp³-hybridized carbons (Fsp3) is 0.625. The van der Waals surface area contributed by atoms with Gasteiger partial charge in [0.2, 0.25) is 0 Å². The molecule has 1 unspecified atom stereocenters. The molecule has 6 heteroatoms. The second kappa shape index (κ2) is 4.08. The van der Waals surface area contributed by atoms with Crippen LogP contribution in [-0.4, -0.2) is 23.7 Å². The summed E-state index contributed by atoms with van der Waals surface area (Å²) in [5, 5.41) is 3.87. The summed E-state index contributed by atoms with van der Waals surface area (Å²) in [5.41, 5.74) is -0.0424. The van der Waals surface area contributed by atoms with Crippen LogP contribution in [0.4, 0.5) is 8.63 Å². The highest BCUT2D eigenvalue weighted by atomic mass is 19.2. The van der Waals surface area contributed by atoms with Crippen molar-refractivity contribution in [1.82, 2.24) is 9.78 Å². The Morgan fingerprint density at radius 1 is 1.50 bits per heavy atom. The van der Waals surface area contributed by atoms with Crippen LogP contribution in [0.3, 0.4) is 0 Å². The molecule has 1 aliphatic rings. The van der Waals surface area contributed by atoms with Gasteiger partial charge in [0.15, 0.2) is 0 Å². The Kier molecular flexibility index (Phi) is 2.81. The molecule has 14 heavy (non-hydrogen) atoms. The molecule has 0 spiro atoms. The third-order valence-corrected chi connectivity index (χ3v) is 2.32. The Balaban J connectivity index is 2.07. The molecule has 2 rings (SSSR count). The average molecular weight is 200 g/mol. The first-order valence-corrected chi connectivity index (χ1v) is 4.71. The Morgan fingerprint density at radius 2 is 2.36 bits per heavy atom. The maximum absolute atomic E-state index is 12.3. The van der Waals surface area contributed by atoms with E-state index in [9.17, 15) is 8.63 Å². The van der Waals surface area contributed by atoms with E-state index in [1.54, 1.807) is 0 Å². The number of aromatic nitrogens is 2. The fourth-order valence-corrected chi connectivity index (χ4v) is 1.56. The van der Waals surface area contributed by atoms with Crippen LogP contribution in [-0.2, 0) is 4.74 Å². The summed E-state index contributed by atoms with van der Waals surface area (Å²) < 4.78 is 31.4. The van der Waals surface area contributed by atoms with E-state index in [0.29, 0.717) is 6.61 Å². The summed E-state index contributed by atoms with van der Waals surface area (Å²) >= 11 is 0. The molecule has 1 fully saturated rings. The quantitative estimate of drug-likeness (QED) is 0.671. The van der Waals surface area contributed by atoms with E-state index in [1.165, 1.54) is 17.1 Å². The van der Waals surface area contributed by atoms with Gasteiger partial charge in [-0.1, -0.05) is 0 Å². The van der Waals surface area contributed by atoms with E-state index in [1.807, 2.05) is 0 Å². The molecule has 1 atom stereocenters. The third kappa shape index (κ3) is 1.95. The van der Waals surface area contributed by atoms with Crippen molar-refractivity contribution < 1.29 is 13.4 Å². The summed E-state index contributed by atoms with van der Waals surface area (Å²) in [6.07, 6.45) is 5.36. The Labute approximate surface area is 81.2 Å². The van der Waals surface area contributed by atoms with E-state index in [4.69, 9.17) is 4.74 Å². The van der Waals surface area contributed by atoms with Gasteiger partial charge in [-0.05, 0) is 19.3 Å². The standard InChI is InChI=1S/C8H11BF2N2O/c10-9(11)7-5-12-13(6-7)8-3-1-2-4-14-8/h5-6,8H,1-4H2. The van der Waals surface area contributed by atoms with Gasteiger partial charge < -0.3 is 4.74 Å². The molecule has 0 amide bonds. The molecule has 0 saturated carbocycles. The lowest BCUT2D eigenvalue weighted by Crippen LogP contribution is -2.21. The van der Waals surface area contributed by atoms with Gasteiger partial charge in [-0.3, -0.25) is 8.63 Å². The Hall–Kier alpha value is -0.905. The van der Waals surface area contributed by atoms with Gasteiger partial charge in [-0.15, -0.1) is 0 Å². The SMILES string of the molecule is FB(F)c1cnn(C2CCCCO2)c1. The zero-order valence-electron chi connectivity index (χ0n) is 7.70. The van der Waals surface area contributed by atoms with Crippen LogP contribution < -0.4 is 5.46 Å². The number of rotatable bonds is 2. The van der Waals surface area contributed by atoms with Crippen molar-refractivity contribution in [3.05, 3.63) is 12.4 Å². The van der Waals surface area contributed by atoms with E-state index in [2.05, 4.69) is 5.10 Å². The normalized spacial score (nSPS) is 22.3. The molecule has 0 N–H and O–H groups in total. The van der Waals surface area contributed by atoms with E-state index in [0.717, 1.165) is 19.3 Å². The van der Waals surface area contributed by atoms with Crippen LogP contribution in [0.5, 0.6) is 0 Å². The minimum atomic E-state index is -2.45. The predicted octanol–water partition coefficient (Wildman–Crippen LogP) is 1.22. The van der Waals surface area contributed by atoms with Crippen LogP contribution in [0, 0.1) is 0 Å². The second-order valence-electron chi connectivity index (χ2n) is 3.38. The molecule has 3 nitrogen and oxygen atoms in total. The van der Waals surface area contributed by atoms with Crippen LogP contribution in [0.25, 0.3) is 0 Å². The number of ether oxygens (including phenoxy) is 1. The molecular formula is C8H11BF2N2O. The average Bonchev–Trinajstić information content (AvgIpc) is 2.68. The molecule has 0 radical (unpaired) electrons.